The zero-order valence-electron chi connectivity index (χ0n) is 13.8. The third-order valence-corrected chi connectivity index (χ3v) is 4.54. The molecule has 0 saturated carbocycles. The zero-order valence-corrected chi connectivity index (χ0v) is 13.8. The molecule has 1 aliphatic heterocycles. The first kappa shape index (κ1) is 15.9. The number of likely N-dealkylation sites (tertiary alicyclic amines) is 1. The Morgan fingerprint density at radius 2 is 2.00 bits per heavy atom. The van der Waals surface area contributed by atoms with E-state index in [9.17, 15) is 4.79 Å². The summed E-state index contributed by atoms with van der Waals surface area (Å²) in [6.07, 6.45) is 2.26. The lowest BCUT2D eigenvalue weighted by atomic mass is 9.86. The lowest BCUT2D eigenvalue weighted by molar-refractivity contribution is 0.0668. The van der Waals surface area contributed by atoms with Gasteiger partial charge in [-0.15, -0.1) is 0 Å². The molecule has 0 atom stereocenters. The van der Waals surface area contributed by atoms with Crippen LogP contribution in [0.3, 0.4) is 0 Å². The maximum atomic E-state index is 12.8. The Morgan fingerprint density at radius 1 is 1.33 bits per heavy atom. The van der Waals surface area contributed by atoms with Crippen LogP contribution in [0.25, 0.3) is 0 Å². The lowest BCUT2D eigenvalue weighted by Gasteiger charge is -2.34. The summed E-state index contributed by atoms with van der Waals surface area (Å²) in [5, 5.41) is 3.32. The van der Waals surface area contributed by atoms with Crippen LogP contribution in [-0.4, -0.2) is 30.4 Å². The largest absolute Gasteiger partial charge is 0.385 e. The van der Waals surface area contributed by atoms with Crippen molar-refractivity contribution in [1.82, 2.24) is 4.90 Å². The molecule has 1 aromatic carbocycles. The van der Waals surface area contributed by atoms with E-state index in [0.717, 1.165) is 55.6 Å². The number of hydrogen-bond donors (Lipinski definition) is 1. The number of rotatable bonds is 4. The van der Waals surface area contributed by atoms with Crippen molar-refractivity contribution in [3.63, 3.8) is 0 Å². The summed E-state index contributed by atoms with van der Waals surface area (Å²) in [4.78, 5) is 14.8. The Kier molecular flexibility index (Phi) is 5.27. The standard InChI is InChI=1S/C18H28N2O/c1-5-19-17-12-14(4)6-7-16(17)18(21)20-10-8-15(9-11-20)13(2)3/h6-7,12-13,15,19H,5,8-11H2,1-4H3. The molecule has 1 aromatic rings. The van der Waals surface area contributed by atoms with E-state index in [2.05, 4.69) is 39.1 Å². The molecule has 0 spiro atoms. The van der Waals surface area contributed by atoms with Crippen LogP contribution in [0, 0.1) is 18.8 Å². The topological polar surface area (TPSA) is 32.3 Å². The van der Waals surface area contributed by atoms with Crippen LogP contribution < -0.4 is 5.32 Å². The maximum absolute atomic E-state index is 12.8. The summed E-state index contributed by atoms with van der Waals surface area (Å²) in [5.74, 6) is 1.66. The van der Waals surface area contributed by atoms with Gasteiger partial charge < -0.3 is 10.2 Å². The number of amides is 1. The van der Waals surface area contributed by atoms with Gasteiger partial charge in [0.15, 0.2) is 0 Å². The number of aryl methyl sites for hydroxylation is 1. The molecule has 3 nitrogen and oxygen atoms in total. The van der Waals surface area contributed by atoms with Crippen LogP contribution in [0.4, 0.5) is 5.69 Å². The molecule has 0 aromatic heterocycles. The normalized spacial score (nSPS) is 16.3. The first-order valence-electron chi connectivity index (χ1n) is 8.16. The van der Waals surface area contributed by atoms with Crippen LogP contribution in [-0.2, 0) is 0 Å². The summed E-state index contributed by atoms with van der Waals surface area (Å²) in [6, 6.07) is 6.05. The first-order valence-corrected chi connectivity index (χ1v) is 8.16. The number of piperidine rings is 1. The maximum Gasteiger partial charge on any atom is 0.255 e. The molecule has 1 saturated heterocycles. The fourth-order valence-corrected chi connectivity index (χ4v) is 3.12. The van der Waals surface area contributed by atoms with Gasteiger partial charge in [0, 0.05) is 25.3 Å². The van der Waals surface area contributed by atoms with Crippen molar-refractivity contribution < 1.29 is 4.79 Å². The molecule has 0 aliphatic carbocycles. The van der Waals surface area contributed by atoms with Crippen molar-refractivity contribution in [2.75, 3.05) is 25.0 Å². The summed E-state index contributed by atoms with van der Waals surface area (Å²) in [6.45, 7) is 11.3. The summed E-state index contributed by atoms with van der Waals surface area (Å²) in [5.41, 5.74) is 2.96. The fourth-order valence-electron chi connectivity index (χ4n) is 3.12. The van der Waals surface area contributed by atoms with E-state index < -0.39 is 0 Å². The Bertz CT molecular complexity index is 488. The third kappa shape index (κ3) is 3.78. The number of carbonyl (C=O) groups is 1. The predicted octanol–water partition coefficient (Wildman–Crippen LogP) is 3.94. The SMILES string of the molecule is CCNc1cc(C)ccc1C(=O)N1CCC(C(C)C)CC1. The zero-order chi connectivity index (χ0) is 15.4. The van der Waals surface area contributed by atoms with Gasteiger partial charge in [0.05, 0.1) is 5.56 Å². The highest BCUT2D eigenvalue weighted by molar-refractivity contribution is 5.99. The van der Waals surface area contributed by atoms with Crippen LogP contribution in [0.15, 0.2) is 18.2 Å². The molecule has 0 unspecified atom stereocenters. The predicted molar refractivity (Wildman–Crippen MR) is 88.8 cm³/mol. The van der Waals surface area contributed by atoms with Gasteiger partial charge in [0.2, 0.25) is 0 Å². The number of benzene rings is 1. The molecule has 0 bridgehead atoms. The van der Waals surface area contributed by atoms with Gasteiger partial charge >= 0.3 is 0 Å². The smallest absolute Gasteiger partial charge is 0.255 e. The Balaban J connectivity index is 2.10. The number of hydrogen-bond acceptors (Lipinski definition) is 2. The lowest BCUT2D eigenvalue weighted by Crippen LogP contribution is -2.39. The number of anilines is 1. The van der Waals surface area contributed by atoms with E-state index in [4.69, 9.17) is 0 Å². The van der Waals surface area contributed by atoms with Crippen LogP contribution in [0.2, 0.25) is 0 Å². The van der Waals surface area contributed by atoms with Crippen LogP contribution in [0.5, 0.6) is 0 Å². The highest BCUT2D eigenvalue weighted by Gasteiger charge is 2.26. The van der Waals surface area contributed by atoms with Crippen molar-refractivity contribution in [2.24, 2.45) is 11.8 Å². The van der Waals surface area contributed by atoms with Gasteiger partial charge in [-0.2, -0.15) is 0 Å². The highest BCUT2D eigenvalue weighted by Crippen LogP contribution is 2.27. The Labute approximate surface area is 128 Å². The summed E-state index contributed by atoms with van der Waals surface area (Å²) in [7, 11) is 0. The quantitative estimate of drug-likeness (QED) is 0.910. The molecule has 1 N–H and O–H groups in total. The van der Waals surface area contributed by atoms with Gasteiger partial charge in [0.25, 0.3) is 5.91 Å². The summed E-state index contributed by atoms with van der Waals surface area (Å²) < 4.78 is 0. The average molecular weight is 288 g/mol. The molecular weight excluding hydrogens is 260 g/mol. The minimum absolute atomic E-state index is 0.174. The minimum atomic E-state index is 0.174. The number of nitrogens with zero attached hydrogens (tertiary/aromatic N) is 1. The molecular formula is C18H28N2O. The highest BCUT2D eigenvalue weighted by atomic mass is 16.2. The van der Waals surface area contributed by atoms with Gasteiger partial charge in [-0.3, -0.25) is 4.79 Å². The third-order valence-electron chi connectivity index (χ3n) is 4.54. The molecule has 1 heterocycles. The Hall–Kier alpha value is -1.51. The van der Waals surface area contributed by atoms with E-state index >= 15 is 0 Å². The molecule has 21 heavy (non-hydrogen) atoms. The van der Waals surface area contributed by atoms with E-state index in [1.807, 2.05) is 17.0 Å². The van der Waals surface area contributed by atoms with Gasteiger partial charge in [0.1, 0.15) is 0 Å². The summed E-state index contributed by atoms with van der Waals surface area (Å²) >= 11 is 0. The number of nitrogens with one attached hydrogen (secondary N) is 1. The monoisotopic (exact) mass is 288 g/mol. The van der Waals surface area contributed by atoms with Gasteiger partial charge in [-0.1, -0.05) is 19.9 Å². The van der Waals surface area contributed by atoms with E-state index in [1.54, 1.807) is 0 Å². The molecule has 0 radical (unpaired) electrons. The van der Waals surface area contributed by atoms with E-state index in [-0.39, 0.29) is 5.91 Å². The van der Waals surface area contributed by atoms with E-state index in [1.165, 1.54) is 5.56 Å². The molecule has 2 rings (SSSR count). The van der Waals surface area contributed by atoms with Gasteiger partial charge in [-0.05, 0) is 56.2 Å². The molecule has 116 valence electrons. The Morgan fingerprint density at radius 3 is 2.57 bits per heavy atom. The first-order chi connectivity index (χ1) is 10.0. The van der Waals surface area contributed by atoms with E-state index in [0.29, 0.717) is 0 Å². The molecule has 3 heteroatoms. The van der Waals surface area contributed by atoms with Crippen molar-refractivity contribution in [3.8, 4) is 0 Å². The van der Waals surface area contributed by atoms with Crippen molar-refractivity contribution in [3.05, 3.63) is 29.3 Å². The fraction of sp³-hybridized carbons (Fsp3) is 0.611. The average Bonchev–Trinajstić information content (AvgIpc) is 2.47. The van der Waals surface area contributed by atoms with Crippen LogP contribution in [0.1, 0.15) is 49.5 Å². The molecule has 1 amide bonds. The van der Waals surface area contributed by atoms with Gasteiger partial charge in [-0.25, -0.2) is 0 Å². The van der Waals surface area contributed by atoms with Crippen molar-refractivity contribution in [1.29, 1.82) is 0 Å². The second-order valence-corrected chi connectivity index (χ2v) is 6.45. The minimum Gasteiger partial charge on any atom is -0.385 e. The number of carbonyl (C=O) groups excluding carboxylic acids is 1. The van der Waals surface area contributed by atoms with Crippen LogP contribution >= 0.6 is 0 Å². The second kappa shape index (κ2) is 6.97. The molecule has 1 fully saturated rings. The second-order valence-electron chi connectivity index (χ2n) is 6.45. The molecule has 1 aliphatic rings. The van der Waals surface area contributed by atoms with Crippen molar-refractivity contribution >= 4 is 11.6 Å². The van der Waals surface area contributed by atoms with Crippen molar-refractivity contribution in [2.45, 2.75) is 40.5 Å².